The highest BCUT2D eigenvalue weighted by Gasteiger charge is 2.35. The second-order valence-electron chi connectivity index (χ2n) is 8.81. The summed E-state index contributed by atoms with van der Waals surface area (Å²) in [4.78, 5) is 34.8. The molecule has 35 heavy (non-hydrogen) atoms. The Kier molecular flexibility index (Phi) is 7.39. The van der Waals surface area contributed by atoms with Crippen LogP contribution in [0.1, 0.15) is 29.5 Å². The van der Waals surface area contributed by atoms with Gasteiger partial charge in [0, 0.05) is 12.1 Å². The van der Waals surface area contributed by atoms with Gasteiger partial charge in [-0.3, -0.25) is 9.36 Å². The molecule has 3 aromatic rings. The molecule has 3 unspecified atom stereocenters. The van der Waals surface area contributed by atoms with Gasteiger partial charge in [0.15, 0.2) is 0 Å². The highest BCUT2D eigenvalue weighted by molar-refractivity contribution is 7.58. The fraction of sp³-hybridized carbons (Fsp3) is 0.259. The molecule has 3 aromatic carbocycles. The normalized spacial score (nSPS) is 15.8. The van der Waals surface area contributed by atoms with Crippen LogP contribution in [0.25, 0.3) is 11.1 Å². The number of alkyl carbamates (subject to hydrolysis) is 1. The Hall–Kier alpha value is -3.41. The highest BCUT2D eigenvalue weighted by Crippen LogP contribution is 2.47. The van der Waals surface area contributed by atoms with Gasteiger partial charge in [0.25, 0.3) is 0 Å². The summed E-state index contributed by atoms with van der Waals surface area (Å²) in [7, 11) is -4.03. The first-order chi connectivity index (χ1) is 16.8. The minimum absolute atomic E-state index is 0.0774. The summed E-state index contributed by atoms with van der Waals surface area (Å²) < 4.78 is 18.4. The minimum Gasteiger partial charge on any atom is -0.481 e. The lowest BCUT2D eigenvalue weighted by atomic mass is 9.98. The predicted octanol–water partition coefficient (Wildman–Crippen LogP) is 5.09. The van der Waals surface area contributed by atoms with Crippen molar-refractivity contribution >= 4 is 19.4 Å². The van der Waals surface area contributed by atoms with Crippen LogP contribution in [0.2, 0.25) is 0 Å². The monoisotopic (exact) mass is 493 g/mol. The van der Waals surface area contributed by atoms with Crippen molar-refractivity contribution in [1.29, 1.82) is 0 Å². The summed E-state index contributed by atoms with van der Waals surface area (Å²) in [6.45, 7) is 1.47. The zero-order valence-electron chi connectivity index (χ0n) is 19.3. The van der Waals surface area contributed by atoms with Crippen LogP contribution in [0.15, 0.2) is 78.9 Å². The fourth-order valence-electron chi connectivity index (χ4n) is 4.51. The molecule has 0 fully saturated rings. The van der Waals surface area contributed by atoms with E-state index in [1.807, 2.05) is 54.6 Å². The molecule has 1 aliphatic rings. The summed E-state index contributed by atoms with van der Waals surface area (Å²) >= 11 is 0. The number of benzene rings is 3. The molecular weight excluding hydrogens is 465 g/mol. The SMILES string of the molecule is CC(NC(=O)OCC1c2ccccc2-c2ccccc21)P(=O)(O)CC(Cc1ccccc1)C(=O)O. The van der Waals surface area contributed by atoms with Crippen molar-refractivity contribution in [3.63, 3.8) is 0 Å². The van der Waals surface area contributed by atoms with E-state index in [2.05, 4.69) is 5.32 Å². The fourth-order valence-corrected chi connectivity index (χ4v) is 6.05. The van der Waals surface area contributed by atoms with Gasteiger partial charge < -0.3 is 20.1 Å². The number of carboxylic acids is 1. The molecule has 4 rings (SSSR count). The maximum atomic E-state index is 13.0. The van der Waals surface area contributed by atoms with Gasteiger partial charge >= 0.3 is 12.1 Å². The van der Waals surface area contributed by atoms with Crippen LogP contribution in [0.5, 0.6) is 0 Å². The average Bonchev–Trinajstić information content (AvgIpc) is 3.16. The van der Waals surface area contributed by atoms with Crippen LogP contribution in [-0.4, -0.2) is 40.6 Å². The van der Waals surface area contributed by atoms with Gasteiger partial charge in [-0.2, -0.15) is 0 Å². The lowest BCUT2D eigenvalue weighted by Crippen LogP contribution is -2.35. The van der Waals surface area contributed by atoms with Gasteiger partial charge in [0.05, 0.1) is 5.92 Å². The number of nitrogens with one attached hydrogen (secondary N) is 1. The van der Waals surface area contributed by atoms with E-state index in [-0.39, 0.29) is 18.9 Å². The first-order valence-corrected chi connectivity index (χ1v) is 13.4. The van der Waals surface area contributed by atoms with Gasteiger partial charge in [0.2, 0.25) is 7.37 Å². The standard InChI is InChI=1S/C27H28NO6P/c1-18(35(32,33)17-20(26(29)30)15-19-9-3-2-4-10-19)28-27(31)34-16-25-23-13-7-5-11-21(23)22-12-6-8-14-24(22)25/h2-14,18,20,25H,15-17H2,1H3,(H,28,31)(H,29,30)(H,32,33). The summed E-state index contributed by atoms with van der Waals surface area (Å²) in [6, 6.07) is 24.8. The van der Waals surface area contributed by atoms with Crippen LogP contribution in [0, 0.1) is 5.92 Å². The van der Waals surface area contributed by atoms with Crippen molar-refractivity contribution in [2.24, 2.45) is 5.92 Å². The number of ether oxygens (including phenoxy) is 1. The van der Waals surface area contributed by atoms with E-state index in [4.69, 9.17) is 4.74 Å². The Labute approximate surface area is 204 Å². The number of carboxylic acid groups (broad SMARTS) is 1. The zero-order chi connectivity index (χ0) is 25.0. The van der Waals surface area contributed by atoms with Crippen LogP contribution in [0.4, 0.5) is 4.79 Å². The van der Waals surface area contributed by atoms with Crippen molar-refractivity contribution < 1.29 is 28.9 Å². The number of hydrogen-bond donors (Lipinski definition) is 3. The van der Waals surface area contributed by atoms with Crippen molar-refractivity contribution in [3.05, 3.63) is 95.6 Å². The van der Waals surface area contributed by atoms with Crippen LogP contribution < -0.4 is 5.32 Å². The topological polar surface area (TPSA) is 113 Å². The maximum Gasteiger partial charge on any atom is 0.407 e. The molecule has 8 heteroatoms. The van der Waals surface area contributed by atoms with Gasteiger partial charge in [-0.1, -0.05) is 78.9 Å². The second kappa shape index (κ2) is 10.5. The molecule has 0 heterocycles. The lowest BCUT2D eigenvalue weighted by molar-refractivity contribution is -0.141. The van der Waals surface area contributed by atoms with E-state index in [1.165, 1.54) is 6.92 Å². The molecule has 0 saturated carbocycles. The van der Waals surface area contributed by atoms with Crippen LogP contribution in [0.3, 0.4) is 0 Å². The van der Waals surface area contributed by atoms with Crippen molar-refractivity contribution in [1.82, 2.24) is 5.32 Å². The third kappa shape index (κ3) is 5.64. The van der Waals surface area contributed by atoms with Gasteiger partial charge in [0.1, 0.15) is 12.4 Å². The predicted molar refractivity (Wildman–Crippen MR) is 134 cm³/mol. The number of amides is 1. The smallest absolute Gasteiger partial charge is 0.407 e. The first-order valence-electron chi connectivity index (χ1n) is 11.5. The molecule has 7 nitrogen and oxygen atoms in total. The minimum atomic E-state index is -4.03. The Morgan fingerprint density at radius 3 is 2.06 bits per heavy atom. The third-order valence-corrected chi connectivity index (χ3v) is 8.74. The van der Waals surface area contributed by atoms with Crippen LogP contribution >= 0.6 is 7.37 Å². The van der Waals surface area contributed by atoms with E-state index >= 15 is 0 Å². The number of aliphatic carboxylic acids is 1. The number of carbonyl (C=O) groups is 2. The van der Waals surface area contributed by atoms with E-state index in [9.17, 15) is 24.2 Å². The Morgan fingerprint density at radius 2 is 1.49 bits per heavy atom. The van der Waals surface area contributed by atoms with Crippen molar-refractivity contribution in [2.45, 2.75) is 25.0 Å². The molecule has 182 valence electrons. The zero-order valence-corrected chi connectivity index (χ0v) is 20.2. The Morgan fingerprint density at radius 1 is 0.943 bits per heavy atom. The number of carbonyl (C=O) groups excluding carboxylic acids is 1. The molecule has 0 bridgehead atoms. The maximum absolute atomic E-state index is 13.0. The molecule has 3 N–H and O–H groups in total. The molecule has 0 saturated heterocycles. The largest absolute Gasteiger partial charge is 0.481 e. The van der Waals surface area contributed by atoms with Gasteiger partial charge in [-0.25, -0.2) is 4.79 Å². The molecule has 0 spiro atoms. The van der Waals surface area contributed by atoms with Gasteiger partial charge in [-0.05, 0) is 41.2 Å². The summed E-state index contributed by atoms with van der Waals surface area (Å²) in [5.41, 5.74) is 5.09. The van der Waals surface area contributed by atoms with Crippen LogP contribution in [-0.2, 0) is 20.5 Å². The van der Waals surface area contributed by atoms with E-state index < -0.39 is 37.3 Å². The van der Waals surface area contributed by atoms with Crippen molar-refractivity contribution in [3.8, 4) is 11.1 Å². The quantitative estimate of drug-likeness (QED) is 0.358. The average molecular weight is 493 g/mol. The lowest BCUT2D eigenvalue weighted by Gasteiger charge is -2.23. The highest BCUT2D eigenvalue weighted by atomic mass is 31.2. The third-order valence-electron chi connectivity index (χ3n) is 6.43. The molecular formula is C27H28NO6P. The van der Waals surface area contributed by atoms with Crippen molar-refractivity contribution in [2.75, 3.05) is 12.8 Å². The van der Waals surface area contributed by atoms with E-state index in [1.54, 1.807) is 24.3 Å². The summed E-state index contributed by atoms with van der Waals surface area (Å²) in [5.74, 6) is -3.50. The number of hydrogen-bond acceptors (Lipinski definition) is 4. The Bertz CT molecular complexity index is 1220. The Balaban J connectivity index is 1.37. The first kappa shape index (κ1) is 24.7. The summed E-state index contributed by atoms with van der Waals surface area (Å²) in [5, 5.41) is 12.0. The number of fused-ring (bicyclic) bond motifs is 3. The summed E-state index contributed by atoms with van der Waals surface area (Å²) in [6.07, 6.45) is -1.15. The van der Waals surface area contributed by atoms with Gasteiger partial charge in [-0.15, -0.1) is 0 Å². The molecule has 1 aliphatic carbocycles. The second-order valence-corrected chi connectivity index (χ2v) is 11.5. The van der Waals surface area contributed by atoms with E-state index in [0.29, 0.717) is 0 Å². The molecule has 0 radical (unpaired) electrons. The molecule has 3 atom stereocenters. The molecule has 1 amide bonds. The molecule has 0 aliphatic heterocycles. The number of rotatable bonds is 9. The molecule has 0 aromatic heterocycles. The van der Waals surface area contributed by atoms with E-state index in [0.717, 1.165) is 27.8 Å².